The van der Waals surface area contributed by atoms with Crippen LogP contribution in [0.1, 0.15) is 24.8 Å². The van der Waals surface area contributed by atoms with Crippen molar-refractivity contribution < 1.29 is 14.7 Å². The lowest BCUT2D eigenvalue weighted by molar-refractivity contribution is -0.300. The summed E-state index contributed by atoms with van der Waals surface area (Å²) < 4.78 is 0. The first-order chi connectivity index (χ1) is 15.6. The number of hydrazone groups is 1. The van der Waals surface area contributed by atoms with Gasteiger partial charge in [0.1, 0.15) is 0 Å². The molecule has 1 amide bonds. The number of anilines is 1. The Morgan fingerprint density at radius 3 is 2.22 bits per heavy atom. The number of hydrogen-bond acceptors (Lipinski definition) is 8. The Morgan fingerprint density at radius 1 is 0.969 bits per heavy atom. The van der Waals surface area contributed by atoms with Gasteiger partial charge >= 0.3 is 0 Å². The number of hydroxylamine groups is 1. The van der Waals surface area contributed by atoms with Crippen molar-refractivity contribution in [1.82, 2.24) is 10.5 Å². The Morgan fingerprint density at radius 2 is 1.59 bits per heavy atom. The van der Waals surface area contributed by atoms with Crippen LogP contribution in [0, 0.1) is 0 Å². The minimum Gasteiger partial charge on any atom is -0.372 e. The number of carbonyl (C=O) groups is 1. The molecule has 0 atom stereocenters. The number of piperidine rings is 1. The summed E-state index contributed by atoms with van der Waals surface area (Å²) in [5.74, 6) is 0.0279. The molecule has 1 N–H and O–H groups in total. The van der Waals surface area contributed by atoms with E-state index in [9.17, 15) is 4.79 Å². The molecule has 2 aliphatic rings. The lowest BCUT2D eigenvalue weighted by Gasteiger charge is -2.28. The average Bonchev–Trinajstić information content (AvgIpc) is 3.10. The molecular weight excluding hydrogens is 408 g/mol. The molecule has 9 nitrogen and oxygen atoms in total. The first-order valence-corrected chi connectivity index (χ1v) is 10.6. The van der Waals surface area contributed by atoms with E-state index in [1.165, 1.54) is 37.1 Å². The maximum absolute atomic E-state index is 12.3. The van der Waals surface area contributed by atoms with E-state index in [1.54, 1.807) is 13.1 Å². The van der Waals surface area contributed by atoms with Gasteiger partial charge in [-0.15, -0.1) is 10.1 Å². The zero-order valence-electron chi connectivity index (χ0n) is 18.2. The summed E-state index contributed by atoms with van der Waals surface area (Å²) in [6, 6.07) is 15.6. The molecule has 2 aliphatic heterocycles. The molecule has 2 aromatic rings. The molecule has 2 aromatic carbocycles. The number of hydrogen-bond donors (Lipinski definition) is 1. The van der Waals surface area contributed by atoms with E-state index in [2.05, 4.69) is 47.7 Å². The van der Waals surface area contributed by atoms with Gasteiger partial charge in [-0.05, 0) is 67.3 Å². The molecule has 166 valence electrons. The van der Waals surface area contributed by atoms with Gasteiger partial charge in [0.2, 0.25) is 0 Å². The summed E-state index contributed by atoms with van der Waals surface area (Å²) in [5, 5.41) is 14.0. The van der Waals surface area contributed by atoms with Gasteiger partial charge in [0.05, 0.1) is 24.1 Å². The third-order valence-corrected chi connectivity index (χ3v) is 5.31. The summed E-state index contributed by atoms with van der Waals surface area (Å²) in [6.07, 6.45) is 5.55. The highest BCUT2D eigenvalue weighted by Gasteiger charge is 2.28. The minimum absolute atomic E-state index is 0.246. The van der Waals surface area contributed by atoms with Crippen molar-refractivity contribution in [1.29, 1.82) is 0 Å². The molecule has 0 saturated carbocycles. The topological polar surface area (TPSA) is 91.1 Å². The van der Waals surface area contributed by atoms with Gasteiger partial charge in [0, 0.05) is 25.8 Å². The minimum atomic E-state index is -0.246. The van der Waals surface area contributed by atoms with Crippen molar-refractivity contribution in [2.75, 3.05) is 32.1 Å². The standard InChI is InChI=1S/C23H26N6O3/c1-28-23(30)21(22(26-28)27-32-31-2)16-17-6-8-18(9-7-17)24-25-19-10-12-20(13-11-19)29-14-4-3-5-15-29/h6-13,16H,3-5,14-15H2,1-2H3,(H,26,27)/b21-16-,25-24?. The third-order valence-electron chi connectivity index (χ3n) is 5.31. The molecule has 4 rings (SSSR count). The van der Waals surface area contributed by atoms with E-state index in [4.69, 9.17) is 0 Å². The van der Waals surface area contributed by atoms with Crippen molar-refractivity contribution in [3.8, 4) is 0 Å². The summed E-state index contributed by atoms with van der Waals surface area (Å²) in [7, 11) is 2.92. The molecule has 1 fully saturated rings. The van der Waals surface area contributed by atoms with Crippen LogP contribution in [0.15, 0.2) is 69.4 Å². The van der Waals surface area contributed by atoms with Gasteiger partial charge in [-0.3, -0.25) is 4.79 Å². The number of amidine groups is 1. The molecule has 0 aromatic heterocycles. The fraction of sp³-hybridized carbons (Fsp3) is 0.304. The van der Waals surface area contributed by atoms with Crippen LogP contribution in [0.25, 0.3) is 6.08 Å². The Bertz CT molecular complexity index is 1020. The fourth-order valence-electron chi connectivity index (χ4n) is 3.61. The molecule has 32 heavy (non-hydrogen) atoms. The quantitative estimate of drug-likeness (QED) is 0.316. The van der Waals surface area contributed by atoms with Gasteiger partial charge in [0.25, 0.3) is 5.91 Å². The number of benzene rings is 2. The van der Waals surface area contributed by atoms with Crippen molar-refractivity contribution in [2.45, 2.75) is 19.3 Å². The Kier molecular flexibility index (Phi) is 6.88. The number of nitrogens with one attached hydrogen (secondary N) is 1. The number of nitrogens with zero attached hydrogens (tertiary/aromatic N) is 5. The predicted octanol–water partition coefficient (Wildman–Crippen LogP) is 4.34. The van der Waals surface area contributed by atoms with Crippen molar-refractivity contribution in [2.24, 2.45) is 15.3 Å². The number of likely N-dealkylation sites (N-methyl/N-ethyl adjacent to an activating group) is 1. The molecule has 0 bridgehead atoms. The van der Waals surface area contributed by atoms with E-state index in [-0.39, 0.29) is 11.7 Å². The van der Waals surface area contributed by atoms with Crippen LogP contribution >= 0.6 is 0 Å². The molecule has 9 heteroatoms. The number of carbonyl (C=O) groups excluding carboxylic acids is 1. The van der Waals surface area contributed by atoms with E-state index in [0.717, 1.165) is 30.0 Å². The normalized spacial score (nSPS) is 18.0. The van der Waals surface area contributed by atoms with Crippen LogP contribution in [0.3, 0.4) is 0 Å². The largest absolute Gasteiger partial charge is 0.372 e. The second kappa shape index (κ2) is 10.2. The first kappa shape index (κ1) is 21.7. The summed E-state index contributed by atoms with van der Waals surface area (Å²) >= 11 is 0. The molecule has 1 saturated heterocycles. The fourth-order valence-corrected chi connectivity index (χ4v) is 3.61. The van der Waals surface area contributed by atoms with Crippen LogP contribution in [-0.4, -0.2) is 44.0 Å². The summed E-state index contributed by atoms with van der Waals surface area (Å²) in [5.41, 5.74) is 6.45. The Balaban J connectivity index is 1.41. The second-order valence-corrected chi connectivity index (χ2v) is 7.54. The van der Waals surface area contributed by atoms with Crippen molar-refractivity contribution in [3.63, 3.8) is 0 Å². The van der Waals surface area contributed by atoms with Crippen LogP contribution in [0.4, 0.5) is 17.1 Å². The number of amides is 1. The zero-order valence-corrected chi connectivity index (χ0v) is 18.2. The number of azo groups is 1. The van der Waals surface area contributed by atoms with Gasteiger partial charge in [-0.1, -0.05) is 12.1 Å². The van der Waals surface area contributed by atoms with E-state index >= 15 is 0 Å². The highest BCUT2D eigenvalue weighted by Crippen LogP contribution is 2.25. The number of rotatable bonds is 6. The molecule has 0 spiro atoms. The predicted molar refractivity (Wildman–Crippen MR) is 123 cm³/mol. The van der Waals surface area contributed by atoms with E-state index in [1.807, 2.05) is 36.4 Å². The highest BCUT2D eigenvalue weighted by molar-refractivity contribution is 6.26. The Labute approximate surface area is 186 Å². The monoisotopic (exact) mass is 434 g/mol. The maximum Gasteiger partial charge on any atom is 0.277 e. The second-order valence-electron chi connectivity index (χ2n) is 7.54. The lowest BCUT2D eigenvalue weighted by Crippen LogP contribution is -2.29. The summed E-state index contributed by atoms with van der Waals surface area (Å²) in [4.78, 5) is 23.9. The lowest BCUT2D eigenvalue weighted by atomic mass is 10.1. The van der Waals surface area contributed by atoms with Gasteiger partial charge < -0.3 is 4.90 Å². The van der Waals surface area contributed by atoms with Gasteiger partial charge in [0.15, 0.2) is 5.84 Å². The van der Waals surface area contributed by atoms with Crippen LogP contribution in [0.5, 0.6) is 0 Å². The first-order valence-electron chi connectivity index (χ1n) is 10.6. The van der Waals surface area contributed by atoms with Crippen LogP contribution < -0.4 is 10.4 Å². The highest BCUT2D eigenvalue weighted by atomic mass is 17.3. The van der Waals surface area contributed by atoms with Crippen molar-refractivity contribution in [3.05, 3.63) is 59.7 Å². The smallest absolute Gasteiger partial charge is 0.277 e. The maximum atomic E-state index is 12.3. The Hall–Kier alpha value is -3.56. The van der Waals surface area contributed by atoms with Gasteiger partial charge in [-0.2, -0.15) is 10.2 Å². The third kappa shape index (κ3) is 5.19. The average molecular weight is 435 g/mol. The van der Waals surface area contributed by atoms with E-state index < -0.39 is 0 Å². The molecule has 2 heterocycles. The van der Waals surface area contributed by atoms with E-state index in [0.29, 0.717) is 5.57 Å². The molecule has 0 aliphatic carbocycles. The van der Waals surface area contributed by atoms with Gasteiger partial charge in [-0.25, -0.2) is 15.4 Å². The molecular formula is C23H26N6O3. The van der Waals surface area contributed by atoms with Crippen LogP contribution in [0.2, 0.25) is 0 Å². The molecule has 0 radical (unpaired) electrons. The SMILES string of the molecule is COONC1=NN(C)C(=O)/C1=C\c1ccc(N=Nc2ccc(N3CCCCC3)cc2)cc1. The van der Waals surface area contributed by atoms with Crippen molar-refractivity contribution >= 4 is 34.9 Å². The van der Waals surface area contributed by atoms with Crippen LogP contribution in [-0.2, 0) is 14.7 Å². The molecule has 0 unspecified atom stereocenters. The zero-order chi connectivity index (χ0) is 22.3. The summed E-state index contributed by atoms with van der Waals surface area (Å²) in [6.45, 7) is 2.24.